The minimum absolute atomic E-state index is 0.208. The maximum absolute atomic E-state index is 14.8. The molecule has 2 aromatic heterocycles. The molecule has 0 spiro atoms. The van der Waals surface area contributed by atoms with Crippen molar-refractivity contribution in [3.8, 4) is 11.1 Å². The van der Waals surface area contributed by atoms with Crippen molar-refractivity contribution in [1.82, 2.24) is 25.3 Å². The van der Waals surface area contributed by atoms with Crippen LogP contribution in [0.3, 0.4) is 0 Å². The fourth-order valence-corrected chi connectivity index (χ4v) is 3.62. The maximum Gasteiger partial charge on any atom is 0.414 e. The summed E-state index contributed by atoms with van der Waals surface area (Å²) in [6.45, 7) is 2.30. The quantitative estimate of drug-likeness (QED) is 0.487. The average molecular weight is 536 g/mol. The highest BCUT2D eigenvalue weighted by atomic mass is 127. The van der Waals surface area contributed by atoms with Gasteiger partial charge in [0.1, 0.15) is 15.6 Å². The summed E-state index contributed by atoms with van der Waals surface area (Å²) in [4.78, 5) is 28.9. The van der Waals surface area contributed by atoms with E-state index in [0.717, 1.165) is 9.39 Å². The Morgan fingerprint density at radius 3 is 2.84 bits per heavy atom. The predicted octanol–water partition coefficient (Wildman–Crippen LogP) is 2.59. The average Bonchev–Trinajstić information content (AvgIpc) is 3.32. The molecule has 1 aliphatic rings. The number of ether oxygens (including phenoxy) is 1. The van der Waals surface area contributed by atoms with Crippen molar-refractivity contribution in [2.24, 2.45) is 0 Å². The van der Waals surface area contributed by atoms with Crippen molar-refractivity contribution in [2.45, 2.75) is 19.6 Å². The number of amides is 2. The lowest BCUT2D eigenvalue weighted by Gasteiger charge is -2.14. The zero-order valence-corrected chi connectivity index (χ0v) is 18.6. The van der Waals surface area contributed by atoms with Crippen LogP contribution in [-0.4, -0.2) is 51.2 Å². The van der Waals surface area contributed by atoms with E-state index in [4.69, 9.17) is 4.74 Å². The maximum atomic E-state index is 14.8. The molecule has 3 aromatic rings. The molecule has 11 heteroatoms. The van der Waals surface area contributed by atoms with Gasteiger partial charge >= 0.3 is 6.09 Å². The van der Waals surface area contributed by atoms with Crippen LogP contribution in [0.1, 0.15) is 12.6 Å². The smallest absolute Gasteiger partial charge is 0.414 e. The van der Waals surface area contributed by atoms with Crippen molar-refractivity contribution in [1.29, 1.82) is 0 Å². The number of rotatable bonds is 6. The van der Waals surface area contributed by atoms with Crippen LogP contribution in [0.5, 0.6) is 0 Å². The monoisotopic (exact) mass is 536 g/mol. The first-order chi connectivity index (χ1) is 14.9. The second-order valence-corrected chi connectivity index (χ2v) is 8.10. The van der Waals surface area contributed by atoms with Crippen molar-refractivity contribution in [3.63, 3.8) is 0 Å². The molecule has 0 bridgehead atoms. The molecule has 160 valence electrons. The molecule has 3 heterocycles. The Labute approximate surface area is 190 Å². The first kappa shape index (κ1) is 21.2. The highest BCUT2D eigenvalue weighted by molar-refractivity contribution is 14.1. The number of hydrogen-bond acceptors (Lipinski definition) is 6. The number of cyclic esters (lactones) is 1. The molecule has 1 atom stereocenters. The van der Waals surface area contributed by atoms with Crippen LogP contribution in [0.2, 0.25) is 0 Å². The van der Waals surface area contributed by atoms with Gasteiger partial charge in [-0.05, 0) is 46.9 Å². The van der Waals surface area contributed by atoms with Crippen molar-refractivity contribution < 1.29 is 18.7 Å². The fourth-order valence-electron chi connectivity index (χ4n) is 3.20. The molecule has 0 radical (unpaired) electrons. The van der Waals surface area contributed by atoms with Gasteiger partial charge in [-0.1, -0.05) is 11.3 Å². The number of halogens is 2. The Kier molecular flexibility index (Phi) is 6.11. The summed E-state index contributed by atoms with van der Waals surface area (Å²) in [7, 11) is 0. The molecule has 2 amide bonds. The summed E-state index contributed by atoms with van der Waals surface area (Å²) < 4.78 is 22.5. The van der Waals surface area contributed by atoms with Crippen LogP contribution < -0.4 is 10.2 Å². The summed E-state index contributed by atoms with van der Waals surface area (Å²) in [6, 6.07) is 8.15. The van der Waals surface area contributed by atoms with Crippen LogP contribution in [0.25, 0.3) is 11.1 Å². The number of aromatic nitrogens is 4. The number of nitrogens with one attached hydrogen (secondary N) is 1. The lowest BCUT2D eigenvalue weighted by Crippen LogP contribution is -2.33. The van der Waals surface area contributed by atoms with E-state index in [2.05, 4.69) is 43.2 Å². The van der Waals surface area contributed by atoms with E-state index in [1.54, 1.807) is 35.3 Å². The summed E-state index contributed by atoms with van der Waals surface area (Å²) in [6.07, 6.45) is 2.35. The van der Waals surface area contributed by atoms with Crippen LogP contribution in [0.4, 0.5) is 14.9 Å². The summed E-state index contributed by atoms with van der Waals surface area (Å²) in [5, 5.41) is 10.5. The van der Waals surface area contributed by atoms with E-state index in [0.29, 0.717) is 23.4 Å². The number of pyridine rings is 1. The first-order valence-corrected chi connectivity index (χ1v) is 10.5. The van der Waals surface area contributed by atoms with Gasteiger partial charge < -0.3 is 10.1 Å². The Hall–Kier alpha value is -3.09. The molecule has 31 heavy (non-hydrogen) atoms. The summed E-state index contributed by atoms with van der Waals surface area (Å²) in [5.74, 6) is -0.684. The second kappa shape index (κ2) is 8.96. The van der Waals surface area contributed by atoms with Gasteiger partial charge in [-0.15, -0.1) is 5.10 Å². The highest BCUT2D eigenvalue weighted by Gasteiger charge is 2.32. The van der Waals surface area contributed by atoms with Crippen LogP contribution in [0.15, 0.2) is 42.7 Å². The molecule has 0 saturated carbocycles. The van der Waals surface area contributed by atoms with Crippen LogP contribution >= 0.6 is 22.6 Å². The molecule has 0 unspecified atom stereocenters. The van der Waals surface area contributed by atoms with Crippen molar-refractivity contribution in [3.05, 3.63) is 57.9 Å². The van der Waals surface area contributed by atoms with Crippen LogP contribution in [-0.2, 0) is 16.1 Å². The lowest BCUT2D eigenvalue weighted by atomic mass is 10.1. The molecule has 9 nitrogen and oxygen atoms in total. The van der Waals surface area contributed by atoms with Gasteiger partial charge in [0.15, 0.2) is 0 Å². The molecule has 0 aliphatic carbocycles. The van der Waals surface area contributed by atoms with Gasteiger partial charge in [0.25, 0.3) is 0 Å². The van der Waals surface area contributed by atoms with Crippen LogP contribution in [0, 0.1) is 9.52 Å². The third-order valence-corrected chi connectivity index (χ3v) is 5.18. The molecule has 4 rings (SSSR count). The molecular formula is C20H18FIN6O3. The van der Waals surface area contributed by atoms with Gasteiger partial charge in [0.05, 0.1) is 37.2 Å². The Balaban J connectivity index is 1.46. The second-order valence-electron chi connectivity index (χ2n) is 6.99. The van der Waals surface area contributed by atoms with E-state index >= 15 is 0 Å². The van der Waals surface area contributed by atoms with Crippen molar-refractivity contribution in [2.75, 3.05) is 18.0 Å². The Morgan fingerprint density at radius 1 is 1.35 bits per heavy atom. The SMILES string of the molecule is CC(=O)NC[C@H]1CN(c2ccc(-c3ccc(Cn4cc(I)nn4)nc3)c(F)c2)C(=O)O1. The van der Waals surface area contributed by atoms with E-state index in [1.807, 2.05) is 6.07 Å². The largest absolute Gasteiger partial charge is 0.442 e. The minimum Gasteiger partial charge on any atom is -0.442 e. The third-order valence-electron chi connectivity index (χ3n) is 4.69. The van der Waals surface area contributed by atoms with Gasteiger partial charge in [-0.2, -0.15) is 0 Å². The topological polar surface area (TPSA) is 102 Å². The van der Waals surface area contributed by atoms with E-state index in [9.17, 15) is 14.0 Å². The number of anilines is 1. The van der Waals surface area contributed by atoms with E-state index < -0.39 is 18.0 Å². The molecule has 1 aliphatic heterocycles. The van der Waals surface area contributed by atoms with E-state index in [-0.39, 0.29) is 19.0 Å². The zero-order valence-electron chi connectivity index (χ0n) is 16.5. The van der Waals surface area contributed by atoms with Gasteiger partial charge in [0.2, 0.25) is 5.91 Å². The Bertz CT molecular complexity index is 1120. The number of hydrogen-bond donors (Lipinski definition) is 1. The zero-order chi connectivity index (χ0) is 22.0. The molecular weight excluding hydrogens is 518 g/mol. The van der Waals surface area contributed by atoms with E-state index in [1.165, 1.54) is 17.9 Å². The van der Waals surface area contributed by atoms with Gasteiger partial charge in [-0.25, -0.2) is 13.9 Å². The first-order valence-electron chi connectivity index (χ1n) is 9.42. The lowest BCUT2D eigenvalue weighted by molar-refractivity contribution is -0.119. The number of carbonyl (C=O) groups is 2. The van der Waals surface area contributed by atoms with Gasteiger partial charge in [-0.3, -0.25) is 14.7 Å². The molecule has 1 aromatic carbocycles. The molecule has 1 saturated heterocycles. The third kappa shape index (κ3) is 4.98. The normalized spacial score (nSPS) is 15.8. The minimum atomic E-state index is -0.573. The molecule has 1 fully saturated rings. The van der Waals surface area contributed by atoms with Crippen molar-refractivity contribution >= 4 is 40.3 Å². The predicted molar refractivity (Wildman–Crippen MR) is 118 cm³/mol. The number of carbonyl (C=O) groups excluding carboxylic acids is 2. The van der Waals surface area contributed by atoms with Gasteiger partial charge in [0, 0.05) is 24.2 Å². The summed E-state index contributed by atoms with van der Waals surface area (Å²) >= 11 is 2.08. The highest BCUT2D eigenvalue weighted by Crippen LogP contribution is 2.29. The molecule has 1 N–H and O–H groups in total. The standard InChI is InChI=1S/C20H18FIN6O3/c1-12(29)23-8-16-10-28(20(30)31-16)15-4-5-17(18(21)6-15)13-2-3-14(24-7-13)9-27-11-19(22)25-26-27/h2-7,11,16H,8-10H2,1H3,(H,23,29)/t16-/m0/s1. The Morgan fingerprint density at radius 2 is 2.19 bits per heavy atom. The fraction of sp³-hybridized carbons (Fsp3) is 0.250. The number of nitrogens with zero attached hydrogens (tertiary/aromatic N) is 5. The summed E-state index contributed by atoms with van der Waals surface area (Å²) in [5.41, 5.74) is 2.16. The number of benzene rings is 1.